The van der Waals surface area contributed by atoms with Crippen LogP contribution < -0.4 is 15.1 Å². The van der Waals surface area contributed by atoms with Gasteiger partial charge in [-0.25, -0.2) is 9.69 Å². The number of urea groups is 1. The first-order valence-corrected chi connectivity index (χ1v) is 14.2. The predicted molar refractivity (Wildman–Crippen MR) is 158 cm³/mol. The van der Waals surface area contributed by atoms with E-state index in [1.54, 1.807) is 4.90 Å². The number of alkyl halides is 3. The summed E-state index contributed by atoms with van der Waals surface area (Å²) in [6, 6.07) is 11.9. The van der Waals surface area contributed by atoms with E-state index >= 15 is 0 Å². The maximum Gasteiger partial charge on any atom is 0.417 e. The van der Waals surface area contributed by atoms with Crippen LogP contribution in [0.5, 0.6) is 0 Å². The van der Waals surface area contributed by atoms with Crippen LogP contribution >= 0.6 is 0 Å². The van der Waals surface area contributed by atoms with Gasteiger partial charge < -0.3 is 15.1 Å². The zero-order valence-corrected chi connectivity index (χ0v) is 24.5. The van der Waals surface area contributed by atoms with Crippen molar-refractivity contribution in [1.29, 1.82) is 5.26 Å². The van der Waals surface area contributed by atoms with E-state index in [4.69, 9.17) is 5.26 Å². The monoisotopic (exact) mass is 596 g/mol. The molecule has 0 unspecified atom stereocenters. The molecule has 12 heteroatoms. The van der Waals surface area contributed by atoms with Crippen molar-refractivity contribution in [1.82, 2.24) is 9.80 Å². The fraction of sp³-hybridized carbons (Fsp3) is 0.419. The minimum absolute atomic E-state index is 0.124. The summed E-state index contributed by atoms with van der Waals surface area (Å²) >= 11 is 0. The van der Waals surface area contributed by atoms with Crippen LogP contribution in [-0.4, -0.2) is 74.5 Å². The lowest BCUT2D eigenvalue weighted by Crippen LogP contribution is -2.50. The summed E-state index contributed by atoms with van der Waals surface area (Å²) in [5.74, 6) is -1.27. The quantitative estimate of drug-likeness (QED) is 0.314. The second-order valence-electron chi connectivity index (χ2n) is 10.9. The van der Waals surface area contributed by atoms with E-state index in [2.05, 4.69) is 10.2 Å². The number of hydrogen-bond acceptors (Lipinski definition) is 6. The molecule has 0 spiro atoms. The largest absolute Gasteiger partial charge is 0.417 e. The van der Waals surface area contributed by atoms with E-state index in [0.29, 0.717) is 37.6 Å². The van der Waals surface area contributed by atoms with Crippen molar-refractivity contribution in [3.63, 3.8) is 0 Å². The Bertz CT molecular complexity index is 1440. The number of nitrogens with zero attached hydrogens (tertiary/aromatic N) is 5. The van der Waals surface area contributed by atoms with E-state index in [1.807, 2.05) is 43.3 Å². The Morgan fingerprint density at radius 2 is 1.65 bits per heavy atom. The van der Waals surface area contributed by atoms with Gasteiger partial charge in [0.05, 0.1) is 22.9 Å². The van der Waals surface area contributed by atoms with Crippen molar-refractivity contribution < 1.29 is 27.6 Å². The lowest BCUT2D eigenvalue weighted by molar-refractivity contribution is -0.138. The highest BCUT2D eigenvalue weighted by molar-refractivity contribution is 6.32. The van der Waals surface area contributed by atoms with Gasteiger partial charge in [0.1, 0.15) is 0 Å². The summed E-state index contributed by atoms with van der Waals surface area (Å²) in [6.07, 6.45) is -2.13. The second-order valence-corrected chi connectivity index (χ2v) is 10.9. The molecular weight excluding hydrogens is 561 g/mol. The number of imide groups is 1. The fourth-order valence-electron chi connectivity index (χ4n) is 5.25. The summed E-state index contributed by atoms with van der Waals surface area (Å²) < 4.78 is 40.2. The Labute approximate surface area is 249 Å². The smallest absolute Gasteiger partial charge is 0.378 e. The number of nitrogens with one attached hydrogen (secondary N) is 1. The molecule has 0 radical (unpaired) electrons. The molecule has 0 saturated carbocycles. The van der Waals surface area contributed by atoms with Crippen LogP contribution in [0.3, 0.4) is 0 Å². The molecule has 0 aromatic heterocycles. The standard InChI is InChI=1S/C31H35F3N6O3/c1-21-26(29(42)40(28(21)41)25-11-8-22(20-35)27(19-25)31(32,33)34)7-5-4-6-14-38-15-17-39(18-16-38)30(43)36-23-9-12-24(13-10-23)37(2)3/h8-13,19H,4-7,14-18H2,1-3H3,(H,36,43). The molecule has 0 aliphatic carbocycles. The highest BCUT2D eigenvalue weighted by Crippen LogP contribution is 2.37. The molecule has 2 aliphatic heterocycles. The number of rotatable bonds is 9. The number of anilines is 3. The first-order valence-electron chi connectivity index (χ1n) is 14.2. The molecule has 9 nitrogen and oxygen atoms in total. The zero-order chi connectivity index (χ0) is 31.3. The molecule has 0 bridgehead atoms. The first-order chi connectivity index (χ1) is 20.4. The van der Waals surface area contributed by atoms with Crippen LogP contribution in [0.2, 0.25) is 0 Å². The molecule has 43 heavy (non-hydrogen) atoms. The number of carbonyl (C=O) groups excluding carboxylic acids is 3. The number of carbonyl (C=O) groups is 3. The third-order valence-electron chi connectivity index (χ3n) is 7.82. The summed E-state index contributed by atoms with van der Waals surface area (Å²) in [5, 5.41) is 12.0. The molecule has 1 saturated heterocycles. The van der Waals surface area contributed by atoms with Crippen LogP contribution in [0.4, 0.5) is 35.0 Å². The van der Waals surface area contributed by atoms with Crippen molar-refractivity contribution >= 4 is 34.9 Å². The van der Waals surface area contributed by atoms with Crippen molar-refractivity contribution in [3.8, 4) is 6.07 Å². The molecule has 2 heterocycles. The van der Waals surface area contributed by atoms with Gasteiger partial charge in [-0.15, -0.1) is 0 Å². The number of benzene rings is 2. The topological polar surface area (TPSA) is 100.0 Å². The number of unbranched alkanes of at least 4 members (excludes halogenated alkanes) is 2. The average molecular weight is 597 g/mol. The molecular formula is C31H35F3N6O3. The van der Waals surface area contributed by atoms with E-state index in [0.717, 1.165) is 54.8 Å². The van der Waals surface area contributed by atoms with E-state index in [9.17, 15) is 27.6 Å². The molecule has 228 valence electrons. The van der Waals surface area contributed by atoms with Crippen LogP contribution in [0.25, 0.3) is 0 Å². The highest BCUT2D eigenvalue weighted by atomic mass is 19.4. The summed E-state index contributed by atoms with van der Waals surface area (Å²) in [4.78, 5) is 45.4. The van der Waals surface area contributed by atoms with Gasteiger partial charge in [0.15, 0.2) is 0 Å². The number of amides is 4. The molecule has 4 rings (SSSR count). The molecule has 1 fully saturated rings. The van der Waals surface area contributed by atoms with E-state index in [-0.39, 0.29) is 17.3 Å². The maximum absolute atomic E-state index is 13.4. The lowest BCUT2D eigenvalue weighted by Gasteiger charge is -2.34. The van der Waals surface area contributed by atoms with Gasteiger partial charge in [-0.1, -0.05) is 6.42 Å². The van der Waals surface area contributed by atoms with Gasteiger partial charge in [-0.05, 0) is 75.2 Å². The Balaban J connectivity index is 1.20. The fourth-order valence-corrected chi connectivity index (χ4v) is 5.25. The van der Waals surface area contributed by atoms with Gasteiger partial charge in [-0.3, -0.25) is 14.5 Å². The summed E-state index contributed by atoms with van der Waals surface area (Å²) in [7, 11) is 3.91. The van der Waals surface area contributed by atoms with Crippen LogP contribution in [-0.2, 0) is 15.8 Å². The number of nitriles is 1. The number of halogens is 3. The third kappa shape index (κ3) is 7.35. The maximum atomic E-state index is 13.4. The summed E-state index contributed by atoms with van der Waals surface area (Å²) in [5.41, 5.74) is 0.369. The second kappa shape index (κ2) is 13.3. The van der Waals surface area contributed by atoms with Crippen LogP contribution in [0.15, 0.2) is 53.6 Å². The van der Waals surface area contributed by atoms with Crippen molar-refractivity contribution in [3.05, 3.63) is 64.7 Å². The molecule has 0 atom stereocenters. The summed E-state index contributed by atoms with van der Waals surface area (Å²) in [6.45, 7) is 5.09. The Morgan fingerprint density at radius 3 is 2.26 bits per heavy atom. The van der Waals surface area contributed by atoms with Gasteiger partial charge in [0, 0.05) is 62.8 Å². The van der Waals surface area contributed by atoms with Crippen molar-refractivity contribution in [2.75, 3.05) is 61.9 Å². The minimum Gasteiger partial charge on any atom is -0.378 e. The van der Waals surface area contributed by atoms with E-state index in [1.165, 1.54) is 19.1 Å². The molecule has 2 aromatic rings. The van der Waals surface area contributed by atoms with Gasteiger partial charge in [0.2, 0.25) is 0 Å². The van der Waals surface area contributed by atoms with Gasteiger partial charge in [-0.2, -0.15) is 18.4 Å². The van der Waals surface area contributed by atoms with Crippen LogP contribution in [0, 0.1) is 11.3 Å². The zero-order valence-electron chi connectivity index (χ0n) is 24.5. The molecule has 2 aliphatic rings. The Kier molecular flexibility index (Phi) is 9.76. The van der Waals surface area contributed by atoms with Gasteiger partial charge >= 0.3 is 12.2 Å². The van der Waals surface area contributed by atoms with E-state index < -0.39 is 29.1 Å². The normalized spacial score (nSPS) is 16.1. The SMILES string of the molecule is CC1=C(CCCCCN2CCN(C(=O)Nc3ccc(N(C)C)cc3)CC2)C(=O)N(c2ccc(C#N)c(C(F)(F)F)c2)C1=O. The predicted octanol–water partition coefficient (Wildman–Crippen LogP) is 5.24. The van der Waals surface area contributed by atoms with Crippen molar-refractivity contribution in [2.45, 2.75) is 38.8 Å². The molecule has 1 N–H and O–H groups in total. The average Bonchev–Trinajstić information content (AvgIpc) is 3.19. The van der Waals surface area contributed by atoms with Gasteiger partial charge in [0.25, 0.3) is 11.8 Å². The molecule has 4 amide bonds. The van der Waals surface area contributed by atoms with Crippen molar-refractivity contribution in [2.24, 2.45) is 0 Å². The Morgan fingerprint density at radius 1 is 0.977 bits per heavy atom. The van der Waals surface area contributed by atoms with Crippen LogP contribution in [0.1, 0.15) is 43.7 Å². The number of hydrogen-bond donors (Lipinski definition) is 1. The first kappa shape index (κ1) is 31.6. The highest BCUT2D eigenvalue weighted by Gasteiger charge is 2.39. The Hall–Kier alpha value is -4.37. The number of piperazine rings is 1. The molecule has 2 aromatic carbocycles. The third-order valence-corrected chi connectivity index (χ3v) is 7.82. The minimum atomic E-state index is -4.80. The lowest BCUT2D eigenvalue weighted by atomic mass is 10.0.